The molecular weight excluding hydrogens is 285 g/mol. The number of hydrogen-bond acceptors (Lipinski definition) is 3. The molecule has 20 heavy (non-hydrogen) atoms. The summed E-state index contributed by atoms with van der Waals surface area (Å²) in [6.07, 6.45) is 0.250. The topological polar surface area (TPSA) is 38.7 Å². The van der Waals surface area contributed by atoms with Crippen molar-refractivity contribution in [2.45, 2.75) is 20.8 Å². The Balaban J connectivity index is 3.08. The minimum atomic E-state index is -2.27. The Morgan fingerprint density at radius 1 is 0.950 bits per heavy atom. The molecule has 0 fully saturated rings. The van der Waals surface area contributed by atoms with Gasteiger partial charge in [0.05, 0.1) is 17.2 Å². The van der Waals surface area contributed by atoms with Gasteiger partial charge >= 0.3 is 5.97 Å². The van der Waals surface area contributed by atoms with Crippen LogP contribution in [0.25, 0.3) is 0 Å². The van der Waals surface area contributed by atoms with Gasteiger partial charge in [-0.1, -0.05) is 5.16 Å². The van der Waals surface area contributed by atoms with E-state index < -0.39 is 46.0 Å². The summed E-state index contributed by atoms with van der Waals surface area (Å²) in [6.45, 7) is 4.47. The lowest BCUT2D eigenvalue weighted by Crippen LogP contribution is -2.21. The van der Waals surface area contributed by atoms with Crippen LogP contribution in [0.15, 0.2) is 5.16 Å². The van der Waals surface area contributed by atoms with Crippen molar-refractivity contribution in [1.29, 1.82) is 0 Å². The van der Waals surface area contributed by atoms with Crippen LogP contribution in [0.2, 0.25) is 0 Å². The summed E-state index contributed by atoms with van der Waals surface area (Å²) in [5.41, 5.74) is -2.23. The highest BCUT2D eigenvalue weighted by molar-refractivity contribution is 5.81. The number of hydrogen-bond donors (Lipinski definition) is 0. The van der Waals surface area contributed by atoms with Crippen LogP contribution >= 0.6 is 0 Å². The molecule has 1 aromatic carbocycles. The summed E-state index contributed by atoms with van der Waals surface area (Å²) >= 11 is 0. The van der Waals surface area contributed by atoms with Crippen molar-refractivity contribution in [3.8, 4) is 0 Å². The lowest BCUT2D eigenvalue weighted by Gasteiger charge is -2.12. The van der Waals surface area contributed by atoms with E-state index in [2.05, 4.69) is 9.99 Å². The molecule has 0 spiro atoms. The summed E-state index contributed by atoms with van der Waals surface area (Å²) in [4.78, 5) is 15.6. The lowest BCUT2D eigenvalue weighted by molar-refractivity contribution is -0.152. The fourth-order valence-corrected chi connectivity index (χ4v) is 0.999. The molecule has 0 N–H and O–H groups in total. The number of halogens is 5. The van der Waals surface area contributed by atoms with Crippen LogP contribution in [0, 0.1) is 34.5 Å². The fourth-order valence-electron chi connectivity index (χ4n) is 0.999. The van der Waals surface area contributed by atoms with Gasteiger partial charge in [0.15, 0.2) is 23.3 Å². The van der Waals surface area contributed by atoms with Crippen LogP contribution < -0.4 is 0 Å². The molecule has 0 atom stereocenters. The first-order chi connectivity index (χ1) is 9.07. The maximum absolute atomic E-state index is 13.2. The molecule has 0 amide bonds. The van der Waals surface area contributed by atoms with Crippen LogP contribution in [-0.4, -0.2) is 12.2 Å². The van der Waals surface area contributed by atoms with Gasteiger partial charge in [-0.2, -0.15) is 0 Å². The maximum atomic E-state index is 13.2. The van der Waals surface area contributed by atoms with Gasteiger partial charge in [-0.05, 0) is 20.8 Å². The first-order valence-corrected chi connectivity index (χ1v) is 5.33. The van der Waals surface area contributed by atoms with E-state index in [4.69, 9.17) is 0 Å². The second-order valence-electron chi connectivity index (χ2n) is 4.85. The van der Waals surface area contributed by atoms with Crippen LogP contribution in [-0.2, 0) is 9.63 Å². The highest BCUT2D eigenvalue weighted by Crippen LogP contribution is 2.22. The first-order valence-electron chi connectivity index (χ1n) is 5.33. The Morgan fingerprint density at radius 3 is 1.75 bits per heavy atom. The number of oxime groups is 1. The molecular formula is C12H10F5NO2. The zero-order valence-corrected chi connectivity index (χ0v) is 10.7. The van der Waals surface area contributed by atoms with E-state index in [1.54, 1.807) is 0 Å². The molecule has 0 saturated heterocycles. The van der Waals surface area contributed by atoms with Gasteiger partial charge in [-0.3, -0.25) is 0 Å². The van der Waals surface area contributed by atoms with E-state index in [1.165, 1.54) is 20.8 Å². The molecule has 3 nitrogen and oxygen atoms in total. The van der Waals surface area contributed by atoms with Gasteiger partial charge < -0.3 is 4.84 Å². The summed E-state index contributed by atoms with van der Waals surface area (Å²) < 4.78 is 64.9. The molecule has 0 bridgehead atoms. The number of benzene rings is 1. The number of nitrogens with zero attached hydrogens (tertiary/aromatic N) is 1. The minimum Gasteiger partial charge on any atom is -0.318 e. The van der Waals surface area contributed by atoms with Crippen LogP contribution in [0.3, 0.4) is 0 Å². The molecule has 1 aromatic rings. The standard InChI is InChI=1S/C12H10F5NO2/c1-12(2,3)11(19)20-18-4-5-6(13)8(15)10(17)9(16)7(5)14/h4H,1-3H3/b18-4+. The van der Waals surface area contributed by atoms with E-state index in [0.29, 0.717) is 0 Å². The zero-order valence-electron chi connectivity index (χ0n) is 10.7. The Bertz CT molecular complexity index is 549. The lowest BCUT2D eigenvalue weighted by atomic mass is 9.98. The van der Waals surface area contributed by atoms with Crippen molar-refractivity contribution in [3.63, 3.8) is 0 Å². The van der Waals surface area contributed by atoms with Gasteiger partial charge in [0.25, 0.3) is 0 Å². The number of carbonyl (C=O) groups excluding carboxylic acids is 1. The fraction of sp³-hybridized carbons (Fsp3) is 0.333. The molecule has 0 aliphatic rings. The first kappa shape index (κ1) is 16.1. The summed E-state index contributed by atoms with van der Waals surface area (Å²) in [5.74, 6) is -11.4. The van der Waals surface area contributed by atoms with Crippen molar-refractivity contribution < 1.29 is 31.6 Å². The van der Waals surface area contributed by atoms with Crippen molar-refractivity contribution in [3.05, 3.63) is 34.6 Å². The van der Waals surface area contributed by atoms with E-state index in [0.717, 1.165) is 0 Å². The molecule has 0 aromatic heterocycles. The normalized spacial score (nSPS) is 12.0. The SMILES string of the molecule is CC(C)(C)C(=O)O/N=C/c1c(F)c(F)c(F)c(F)c1F. The zero-order chi connectivity index (χ0) is 15.7. The van der Waals surface area contributed by atoms with Crippen LogP contribution in [0.4, 0.5) is 22.0 Å². The monoisotopic (exact) mass is 295 g/mol. The number of rotatable bonds is 2. The third kappa shape index (κ3) is 3.12. The summed E-state index contributed by atoms with van der Waals surface area (Å²) in [5, 5.41) is 2.93. The van der Waals surface area contributed by atoms with Crippen molar-refractivity contribution >= 4 is 12.2 Å². The van der Waals surface area contributed by atoms with Gasteiger partial charge in [0.1, 0.15) is 0 Å². The van der Waals surface area contributed by atoms with Crippen LogP contribution in [0.1, 0.15) is 26.3 Å². The van der Waals surface area contributed by atoms with E-state index in [-0.39, 0.29) is 6.21 Å². The number of carbonyl (C=O) groups is 1. The van der Waals surface area contributed by atoms with E-state index in [1.807, 2.05) is 0 Å². The minimum absolute atomic E-state index is 0.250. The quantitative estimate of drug-likeness (QED) is 0.210. The van der Waals surface area contributed by atoms with Gasteiger partial charge in [0, 0.05) is 0 Å². The molecule has 0 heterocycles. The highest BCUT2D eigenvalue weighted by Gasteiger charge is 2.26. The predicted molar refractivity (Wildman–Crippen MR) is 59.4 cm³/mol. The average Bonchev–Trinajstić information content (AvgIpc) is 2.36. The Kier molecular flexibility index (Phi) is 4.46. The molecule has 0 aliphatic heterocycles. The van der Waals surface area contributed by atoms with Gasteiger partial charge in [-0.25, -0.2) is 26.7 Å². The predicted octanol–water partition coefficient (Wildman–Crippen LogP) is 3.31. The van der Waals surface area contributed by atoms with Crippen molar-refractivity contribution in [2.75, 3.05) is 0 Å². The molecule has 110 valence electrons. The molecule has 1 rings (SSSR count). The summed E-state index contributed by atoms with van der Waals surface area (Å²) in [7, 11) is 0. The van der Waals surface area contributed by atoms with Gasteiger partial charge in [-0.15, -0.1) is 0 Å². The van der Waals surface area contributed by atoms with E-state index in [9.17, 15) is 26.7 Å². The second-order valence-corrected chi connectivity index (χ2v) is 4.85. The second kappa shape index (κ2) is 5.56. The molecule has 0 saturated carbocycles. The summed E-state index contributed by atoms with van der Waals surface area (Å²) in [6, 6.07) is 0. The molecule has 8 heteroatoms. The highest BCUT2D eigenvalue weighted by atomic mass is 19.2. The third-order valence-electron chi connectivity index (χ3n) is 2.17. The Morgan fingerprint density at radius 2 is 1.35 bits per heavy atom. The van der Waals surface area contributed by atoms with Crippen LogP contribution in [0.5, 0.6) is 0 Å². The van der Waals surface area contributed by atoms with E-state index >= 15 is 0 Å². The maximum Gasteiger partial charge on any atom is 0.340 e. The Hall–Kier alpha value is -1.99. The molecule has 0 radical (unpaired) electrons. The van der Waals surface area contributed by atoms with Crippen molar-refractivity contribution in [2.24, 2.45) is 10.6 Å². The smallest absolute Gasteiger partial charge is 0.318 e. The third-order valence-corrected chi connectivity index (χ3v) is 2.17. The van der Waals surface area contributed by atoms with Gasteiger partial charge in [0.2, 0.25) is 5.82 Å². The average molecular weight is 295 g/mol. The molecule has 0 unspecified atom stereocenters. The molecule has 0 aliphatic carbocycles. The van der Waals surface area contributed by atoms with Crippen molar-refractivity contribution in [1.82, 2.24) is 0 Å². The Labute approximate surface area is 111 Å². The largest absolute Gasteiger partial charge is 0.340 e.